The zero-order valence-corrected chi connectivity index (χ0v) is 16.1. The molecule has 0 radical (unpaired) electrons. The van der Waals surface area contributed by atoms with Gasteiger partial charge in [-0.3, -0.25) is 4.79 Å². The van der Waals surface area contributed by atoms with Crippen molar-refractivity contribution in [3.63, 3.8) is 0 Å². The Morgan fingerprint density at radius 3 is 2.54 bits per heavy atom. The number of fused-ring (bicyclic) bond motifs is 1. The maximum absolute atomic E-state index is 13.3. The van der Waals surface area contributed by atoms with Crippen LogP contribution in [-0.2, 0) is 4.79 Å². The molecule has 2 aliphatic rings. The lowest BCUT2D eigenvalue weighted by Gasteiger charge is -2.35. The largest absolute Gasteiger partial charge is 0.328 e. The van der Waals surface area contributed by atoms with Gasteiger partial charge in [-0.1, -0.05) is 54.1 Å². The summed E-state index contributed by atoms with van der Waals surface area (Å²) in [7, 11) is 0. The molecule has 2 heterocycles. The van der Waals surface area contributed by atoms with Crippen molar-refractivity contribution in [1.29, 1.82) is 0 Å². The minimum Gasteiger partial charge on any atom is -0.328 e. The standard InChI is InChI=1S/C22H19ClN4O/c1-13-24-22-25-18-11-16(14-7-9-17(23)10-8-14)12-19(28)20(18)21(27(22)26-13)15-5-3-2-4-6-15/h2-10,16,21H,11-12H2,1H3,(H,24,25,26). The molecular weight excluding hydrogens is 372 g/mol. The fraction of sp³-hybridized carbons (Fsp3) is 0.227. The minimum atomic E-state index is -0.243. The van der Waals surface area contributed by atoms with Gasteiger partial charge in [0, 0.05) is 22.7 Å². The van der Waals surface area contributed by atoms with Crippen LogP contribution in [0, 0.1) is 6.92 Å². The van der Waals surface area contributed by atoms with Crippen LogP contribution in [0.25, 0.3) is 0 Å². The van der Waals surface area contributed by atoms with Gasteiger partial charge in [-0.2, -0.15) is 10.1 Å². The first-order valence-electron chi connectivity index (χ1n) is 9.37. The number of carbonyl (C=O) groups is 1. The van der Waals surface area contributed by atoms with E-state index in [4.69, 9.17) is 11.6 Å². The van der Waals surface area contributed by atoms with Crippen molar-refractivity contribution in [1.82, 2.24) is 14.8 Å². The van der Waals surface area contributed by atoms with E-state index in [0.717, 1.165) is 28.8 Å². The molecule has 2 aromatic carbocycles. The quantitative estimate of drug-likeness (QED) is 0.691. The molecule has 1 aromatic heterocycles. The number of benzene rings is 2. The second-order valence-corrected chi connectivity index (χ2v) is 7.77. The van der Waals surface area contributed by atoms with Crippen LogP contribution in [0.3, 0.4) is 0 Å². The number of hydrogen-bond acceptors (Lipinski definition) is 4. The molecule has 5 rings (SSSR count). The number of rotatable bonds is 2. The summed E-state index contributed by atoms with van der Waals surface area (Å²) in [4.78, 5) is 17.8. The van der Waals surface area contributed by atoms with Crippen molar-refractivity contribution in [3.8, 4) is 0 Å². The molecule has 28 heavy (non-hydrogen) atoms. The van der Waals surface area contributed by atoms with E-state index in [1.807, 2.05) is 66.2 Å². The molecule has 5 nitrogen and oxygen atoms in total. The lowest BCUT2D eigenvalue weighted by molar-refractivity contribution is -0.116. The van der Waals surface area contributed by atoms with Crippen molar-refractivity contribution in [2.45, 2.75) is 31.7 Å². The van der Waals surface area contributed by atoms with E-state index in [1.54, 1.807) is 0 Å². The van der Waals surface area contributed by atoms with Crippen molar-refractivity contribution in [3.05, 3.63) is 87.8 Å². The highest BCUT2D eigenvalue weighted by molar-refractivity contribution is 6.30. The number of halogens is 1. The van der Waals surface area contributed by atoms with E-state index in [1.165, 1.54) is 0 Å². The van der Waals surface area contributed by atoms with Crippen molar-refractivity contribution in [2.24, 2.45) is 0 Å². The van der Waals surface area contributed by atoms with E-state index in [2.05, 4.69) is 15.4 Å². The number of nitrogens with one attached hydrogen (secondary N) is 1. The van der Waals surface area contributed by atoms with Crippen LogP contribution in [0.15, 0.2) is 65.9 Å². The molecule has 6 heteroatoms. The van der Waals surface area contributed by atoms with Crippen LogP contribution < -0.4 is 5.32 Å². The maximum Gasteiger partial charge on any atom is 0.226 e. The Balaban J connectivity index is 1.60. The number of carbonyl (C=O) groups excluding carboxylic acids is 1. The van der Waals surface area contributed by atoms with Gasteiger partial charge < -0.3 is 5.32 Å². The Morgan fingerprint density at radius 1 is 1.04 bits per heavy atom. The molecule has 0 amide bonds. The van der Waals surface area contributed by atoms with Gasteiger partial charge in [0.15, 0.2) is 5.78 Å². The Labute approximate surface area is 168 Å². The number of ketones is 1. The van der Waals surface area contributed by atoms with Crippen LogP contribution in [0.2, 0.25) is 5.02 Å². The Kier molecular flexibility index (Phi) is 4.05. The first kappa shape index (κ1) is 17.2. The fourth-order valence-corrected chi connectivity index (χ4v) is 4.36. The summed E-state index contributed by atoms with van der Waals surface area (Å²) in [5.41, 5.74) is 3.92. The number of allylic oxidation sites excluding steroid dienone is 2. The molecule has 0 fully saturated rings. The third-order valence-electron chi connectivity index (χ3n) is 5.48. The number of nitrogens with zero attached hydrogens (tertiary/aromatic N) is 3. The van der Waals surface area contributed by atoms with Gasteiger partial charge in [-0.15, -0.1) is 0 Å². The molecule has 1 aliphatic heterocycles. The molecule has 2 unspecified atom stereocenters. The minimum absolute atomic E-state index is 0.128. The fourth-order valence-electron chi connectivity index (χ4n) is 4.23. The van der Waals surface area contributed by atoms with Crippen molar-refractivity contribution >= 4 is 23.3 Å². The van der Waals surface area contributed by atoms with Crippen molar-refractivity contribution in [2.75, 3.05) is 5.32 Å². The average molecular weight is 391 g/mol. The van der Waals surface area contributed by atoms with Crippen LogP contribution in [0.4, 0.5) is 5.95 Å². The predicted molar refractivity (Wildman–Crippen MR) is 108 cm³/mol. The van der Waals surface area contributed by atoms with Crippen LogP contribution >= 0.6 is 11.6 Å². The Hall–Kier alpha value is -2.92. The van der Waals surface area contributed by atoms with E-state index in [9.17, 15) is 4.79 Å². The lowest BCUT2D eigenvalue weighted by Crippen LogP contribution is -2.33. The molecule has 0 bridgehead atoms. The van der Waals surface area contributed by atoms with Crippen LogP contribution in [0.1, 0.15) is 41.8 Å². The van der Waals surface area contributed by atoms with E-state index in [-0.39, 0.29) is 17.7 Å². The normalized spacial score (nSPS) is 21.1. The zero-order chi connectivity index (χ0) is 19.3. The number of Topliss-reactive ketones (excluding diaryl/α,β-unsaturated/α-hetero) is 1. The molecule has 3 aromatic rings. The van der Waals surface area contributed by atoms with Crippen LogP contribution in [0.5, 0.6) is 0 Å². The summed E-state index contributed by atoms with van der Waals surface area (Å²) in [5.74, 6) is 1.66. The first-order chi connectivity index (χ1) is 13.6. The van der Waals surface area contributed by atoms with Crippen LogP contribution in [-0.4, -0.2) is 20.5 Å². The Morgan fingerprint density at radius 2 is 1.79 bits per heavy atom. The molecular formula is C22H19ClN4O. The highest BCUT2D eigenvalue weighted by Gasteiger charge is 2.39. The topological polar surface area (TPSA) is 59.8 Å². The zero-order valence-electron chi connectivity index (χ0n) is 15.4. The van der Waals surface area contributed by atoms with Crippen molar-refractivity contribution < 1.29 is 4.79 Å². The molecule has 0 spiro atoms. The number of aromatic nitrogens is 3. The number of anilines is 1. The molecule has 2 atom stereocenters. The van der Waals surface area contributed by atoms with E-state index in [0.29, 0.717) is 23.2 Å². The van der Waals surface area contributed by atoms with Gasteiger partial charge in [0.25, 0.3) is 0 Å². The van der Waals surface area contributed by atoms with Gasteiger partial charge in [0.2, 0.25) is 5.95 Å². The SMILES string of the molecule is Cc1nc2n(n1)C(c1ccccc1)C1=C(CC(c3ccc(Cl)cc3)CC1=O)N2. The first-order valence-corrected chi connectivity index (χ1v) is 9.75. The van der Waals surface area contributed by atoms with E-state index >= 15 is 0 Å². The highest BCUT2D eigenvalue weighted by Crippen LogP contribution is 2.44. The van der Waals surface area contributed by atoms with Gasteiger partial charge in [0.1, 0.15) is 11.9 Å². The Bertz CT molecular complexity index is 1090. The smallest absolute Gasteiger partial charge is 0.226 e. The lowest BCUT2D eigenvalue weighted by atomic mass is 9.78. The third kappa shape index (κ3) is 2.83. The summed E-state index contributed by atoms with van der Waals surface area (Å²) in [6, 6.07) is 17.6. The second-order valence-electron chi connectivity index (χ2n) is 7.34. The average Bonchev–Trinajstić information content (AvgIpc) is 3.07. The maximum atomic E-state index is 13.3. The number of aryl methyl sites for hydroxylation is 1. The summed E-state index contributed by atoms with van der Waals surface area (Å²) in [5, 5.41) is 8.65. The summed E-state index contributed by atoms with van der Waals surface area (Å²) < 4.78 is 1.84. The molecule has 0 saturated carbocycles. The summed E-state index contributed by atoms with van der Waals surface area (Å²) >= 11 is 6.03. The van der Waals surface area contributed by atoms with E-state index < -0.39 is 0 Å². The number of hydrogen-bond donors (Lipinski definition) is 1. The summed E-state index contributed by atoms with van der Waals surface area (Å²) in [6.07, 6.45) is 1.24. The highest BCUT2D eigenvalue weighted by atomic mass is 35.5. The van der Waals surface area contributed by atoms with Gasteiger partial charge in [0.05, 0.1) is 0 Å². The molecule has 0 saturated heterocycles. The predicted octanol–water partition coefficient (Wildman–Crippen LogP) is 4.66. The van der Waals surface area contributed by atoms with Gasteiger partial charge >= 0.3 is 0 Å². The molecule has 140 valence electrons. The van der Waals surface area contributed by atoms with Gasteiger partial charge in [-0.25, -0.2) is 4.68 Å². The second kappa shape index (κ2) is 6.60. The van der Waals surface area contributed by atoms with Gasteiger partial charge in [-0.05, 0) is 42.5 Å². The monoisotopic (exact) mass is 390 g/mol. The summed E-state index contributed by atoms with van der Waals surface area (Å²) in [6.45, 7) is 1.87. The molecule has 1 N–H and O–H groups in total. The molecule has 1 aliphatic carbocycles. The third-order valence-corrected chi connectivity index (χ3v) is 5.73.